The molecule has 0 atom stereocenters. The van der Waals surface area contributed by atoms with Crippen LogP contribution >= 0.6 is 0 Å². The molecule has 0 N–H and O–H groups in total. The van der Waals surface area contributed by atoms with E-state index < -0.39 is 0 Å². The lowest BCUT2D eigenvalue weighted by molar-refractivity contribution is 0.665. The fraction of sp³-hybridized carbons (Fsp3) is 0. The van der Waals surface area contributed by atoms with Crippen LogP contribution in [0.15, 0.2) is 40.8 Å². The first-order valence-corrected chi connectivity index (χ1v) is 4.72. The molecule has 3 rings (SSSR count). The lowest BCUT2D eigenvalue weighted by Gasteiger charge is -1.91. The predicted molar refractivity (Wildman–Crippen MR) is 60.5 cm³/mol. The van der Waals surface area contributed by atoms with Gasteiger partial charge in [0.1, 0.15) is 11.2 Å². The third-order valence-corrected chi connectivity index (χ3v) is 2.59. The van der Waals surface area contributed by atoms with Crippen LogP contribution in [-0.2, 0) is 0 Å². The van der Waals surface area contributed by atoms with Crippen LogP contribution in [0.1, 0.15) is 11.1 Å². The van der Waals surface area contributed by atoms with Crippen molar-refractivity contribution in [2.45, 2.75) is 0 Å². The molecule has 1 nitrogen and oxygen atoms in total. The Labute approximate surface area is 88.3 Å². The third kappa shape index (κ3) is 1.09. The molecule has 15 heavy (non-hydrogen) atoms. The van der Waals surface area contributed by atoms with Crippen molar-refractivity contribution in [2.24, 2.45) is 0 Å². The second kappa shape index (κ2) is 2.86. The van der Waals surface area contributed by atoms with Crippen molar-refractivity contribution in [1.82, 2.24) is 0 Å². The van der Waals surface area contributed by atoms with Gasteiger partial charge in [-0.05, 0) is 11.1 Å². The Kier molecular flexibility index (Phi) is 1.63. The smallest absolute Gasteiger partial charge is 0.138 e. The number of furan rings is 1. The quantitative estimate of drug-likeness (QED) is 0.529. The molecule has 0 unspecified atom stereocenters. The molecule has 0 saturated heterocycles. The Morgan fingerprint density at radius 3 is 1.67 bits per heavy atom. The molecule has 70 valence electrons. The van der Waals surface area contributed by atoms with Crippen molar-refractivity contribution in [3.8, 4) is 0 Å². The largest absolute Gasteiger partial charge is 0.455 e. The molecule has 0 saturated carbocycles. The van der Waals surface area contributed by atoms with Crippen molar-refractivity contribution in [1.29, 1.82) is 0 Å². The molecule has 0 spiro atoms. The molecule has 0 aliphatic carbocycles. The van der Waals surface area contributed by atoms with Crippen LogP contribution in [0.3, 0.4) is 0 Å². The maximum absolute atomic E-state index is 5.84. The van der Waals surface area contributed by atoms with Crippen LogP contribution in [0.2, 0.25) is 0 Å². The van der Waals surface area contributed by atoms with Crippen LogP contribution < -0.4 is 0 Å². The topological polar surface area (TPSA) is 13.1 Å². The zero-order valence-corrected chi connectivity index (χ0v) is 8.03. The summed E-state index contributed by atoms with van der Waals surface area (Å²) < 4.78 is 5.66. The van der Waals surface area contributed by atoms with Gasteiger partial charge < -0.3 is 4.42 Å². The zero-order valence-electron chi connectivity index (χ0n) is 8.03. The Bertz CT molecular complexity index is 591. The number of fused-ring (bicyclic) bond motifs is 3. The van der Waals surface area contributed by atoms with Gasteiger partial charge in [-0.3, -0.25) is 0 Å². The average Bonchev–Trinajstić information content (AvgIpc) is 2.60. The van der Waals surface area contributed by atoms with E-state index in [1.165, 1.54) is 0 Å². The zero-order chi connectivity index (χ0) is 10.4. The van der Waals surface area contributed by atoms with E-state index in [9.17, 15) is 0 Å². The van der Waals surface area contributed by atoms with Gasteiger partial charge in [0.15, 0.2) is 0 Å². The monoisotopic (exact) mass is 192 g/mol. The highest BCUT2D eigenvalue weighted by Gasteiger charge is 2.09. The minimum absolute atomic E-state index is 0.642. The highest BCUT2D eigenvalue weighted by atomic mass is 16.3. The second-order valence-corrected chi connectivity index (χ2v) is 3.55. The van der Waals surface area contributed by atoms with E-state index in [-0.39, 0.29) is 0 Å². The summed E-state index contributed by atoms with van der Waals surface area (Å²) in [5.74, 6) is 0. The van der Waals surface area contributed by atoms with Crippen molar-refractivity contribution in [3.05, 3.63) is 61.4 Å². The molecule has 1 heteroatoms. The van der Waals surface area contributed by atoms with Gasteiger partial charge in [-0.25, -0.2) is 0 Å². The van der Waals surface area contributed by atoms with Crippen LogP contribution in [0.4, 0.5) is 0 Å². The Morgan fingerprint density at radius 2 is 1.20 bits per heavy atom. The standard InChI is InChI=1S/C14H8O/c1-9-5-3-7-11-12-8-4-6-10(2)14(12)15-13(9)11/h1-8H. The van der Waals surface area contributed by atoms with E-state index in [0.29, 0.717) is 22.3 Å². The van der Waals surface area contributed by atoms with Crippen LogP contribution in [0.5, 0.6) is 0 Å². The first-order valence-electron chi connectivity index (χ1n) is 4.72. The van der Waals surface area contributed by atoms with E-state index in [1.807, 2.05) is 36.4 Å². The molecule has 3 aromatic rings. The molecule has 2 aromatic carbocycles. The van der Waals surface area contributed by atoms with Gasteiger partial charge in [0.05, 0.1) is 0 Å². The summed E-state index contributed by atoms with van der Waals surface area (Å²) in [5, 5.41) is 2.02. The SMILES string of the molecule is [CH]c1cccc2c1oc1c([CH])cccc12. The fourth-order valence-corrected chi connectivity index (χ4v) is 1.86. The van der Waals surface area contributed by atoms with Crippen molar-refractivity contribution < 1.29 is 4.42 Å². The molecule has 1 heterocycles. The van der Waals surface area contributed by atoms with Crippen LogP contribution in [-0.4, -0.2) is 0 Å². The van der Waals surface area contributed by atoms with E-state index in [0.717, 1.165) is 10.8 Å². The van der Waals surface area contributed by atoms with E-state index in [4.69, 9.17) is 18.3 Å². The average molecular weight is 192 g/mol. The first-order chi connectivity index (χ1) is 7.27. The molecule has 0 aliphatic heterocycles. The Morgan fingerprint density at radius 1 is 0.733 bits per heavy atom. The Balaban J connectivity index is 2.63. The van der Waals surface area contributed by atoms with Crippen LogP contribution in [0.25, 0.3) is 21.9 Å². The third-order valence-electron chi connectivity index (χ3n) is 2.59. The molecular formula is C14H8O. The van der Waals surface area contributed by atoms with Gasteiger partial charge in [0.25, 0.3) is 0 Å². The minimum Gasteiger partial charge on any atom is -0.455 e. The van der Waals surface area contributed by atoms with Gasteiger partial charge in [-0.2, -0.15) is 0 Å². The highest BCUT2D eigenvalue weighted by Crippen LogP contribution is 2.31. The van der Waals surface area contributed by atoms with Gasteiger partial charge >= 0.3 is 0 Å². The fourth-order valence-electron chi connectivity index (χ4n) is 1.86. The maximum Gasteiger partial charge on any atom is 0.138 e. The van der Waals surface area contributed by atoms with Gasteiger partial charge in [0, 0.05) is 24.6 Å². The lowest BCUT2D eigenvalue weighted by Crippen LogP contribution is -1.71. The predicted octanol–water partition coefficient (Wildman–Crippen LogP) is 3.70. The molecule has 0 amide bonds. The number of benzene rings is 2. The normalized spacial score (nSPS) is 11.3. The summed E-state index contributed by atoms with van der Waals surface area (Å²) in [6, 6.07) is 11.4. The van der Waals surface area contributed by atoms with Crippen molar-refractivity contribution in [2.75, 3.05) is 0 Å². The van der Waals surface area contributed by atoms with Crippen LogP contribution in [0, 0.1) is 13.8 Å². The number of hydrogen-bond acceptors (Lipinski definition) is 1. The van der Waals surface area contributed by atoms with Gasteiger partial charge in [0.2, 0.25) is 0 Å². The highest BCUT2D eigenvalue weighted by molar-refractivity contribution is 6.07. The molecule has 1 aromatic heterocycles. The molecule has 0 bridgehead atoms. The lowest BCUT2D eigenvalue weighted by atomic mass is 10.1. The first kappa shape index (κ1) is 8.54. The summed E-state index contributed by atoms with van der Waals surface area (Å²) in [4.78, 5) is 0. The maximum atomic E-state index is 5.84. The summed E-state index contributed by atoms with van der Waals surface area (Å²) in [7, 11) is 0. The molecule has 4 radical (unpaired) electrons. The number of hydrogen-bond donors (Lipinski definition) is 0. The van der Waals surface area contributed by atoms with Crippen molar-refractivity contribution in [3.63, 3.8) is 0 Å². The summed E-state index contributed by atoms with van der Waals surface area (Å²) in [6.07, 6.45) is 0. The van der Waals surface area contributed by atoms with Gasteiger partial charge in [-0.15, -0.1) is 0 Å². The van der Waals surface area contributed by atoms with E-state index in [2.05, 4.69) is 0 Å². The minimum atomic E-state index is 0.642. The molecule has 0 aliphatic rings. The molecule has 0 fully saturated rings. The van der Waals surface area contributed by atoms with Crippen molar-refractivity contribution >= 4 is 21.9 Å². The summed E-state index contributed by atoms with van der Waals surface area (Å²) in [5.41, 5.74) is 2.71. The Hall–Kier alpha value is -1.76. The molecular weight excluding hydrogens is 184 g/mol. The second-order valence-electron chi connectivity index (χ2n) is 3.55. The van der Waals surface area contributed by atoms with E-state index in [1.54, 1.807) is 0 Å². The summed E-state index contributed by atoms with van der Waals surface area (Å²) in [6.45, 7) is 11.7. The van der Waals surface area contributed by atoms with Gasteiger partial charge in [-0.1, -0.05) is 36.4 Å². The summed E-state index contributed by atoms with van der Waals surface area (Å²) >= 11 is 0. The number of para-hydroxylation sites is 2. The van der Waals surface area contributed by atoms with E-state index >= 15 is 0 Å². The number of rotatable bonds is 0.